The van der Waals surface area contributed by atoms with Gasteiger partial charge in [-0.05, 0) is 36.1 Å². The predicted octanol–water partition coefficient (Wildman–Crippen LogP) is 2.07. The number of aliphatic carboxylic acids is 1. The van der Waals surface area contributed by atoms with Gasteiger partial charge in [0.1, 0.15) is 0 Å². The van der Waals surface area contributed by atoms with Crippen molar-refractivity contribution in [1.29, 1.82) is 0 Å². The quantitative estimate of drug-likeness (QED) is 0.901. The Morgan fingerprint density at radius 1 is 1.40 bits per heavy atom. The van der Waals surface area contributed by atoms with Crippen LogP contribution in [0.4, 0.5) is 0 Å². The maximum Gasteiger partial charge on any atom is 0.305 e. The Kier molecular flexibility index (Phi) is 3.22. The molecule has 0 bridgehead atoms. The molecular weight excluding hydrogens is 256 g/mol. The van der Waals surface area contributed by atoms with E-state index in [1.807, 2.05) is 31.2 Å². The molecular formula is C14H16N4O2. The lowest BCUT2D eigenvalue weighted by molar-refractivity contribution is -0.138. The van der Waals surface area contributed by atoms with Gasteiger partial charge in [-0.1, -0.05) is 29.8 Å². The predicted molar refractivity (Wildman–Crippen MR) is 72.0 cm³/mol. The van der Waals surface area contributed by atoms with Crippen molar-refractivity contribution in [3.8, 4) is 11.4 Å². The molecule has 1 saturated carbocycles. The van der Waals surface area contributed by atoms with Crippen LogP contribution in [0.25, 0.3) is 11.4 Å². The van der Waals surface area contributed by atoms with Crippen molar-refractivity contribution in [3.63, 3.8) is 0 Å². The van der Waals surface area contributed by atoms with Gasteiger partial charge in [-0.25, -0.2) is 4.68 Å². The van der Waals surface area contributed by atoms with Crippen molar-refractivity contribution in [2.24, 2.45) is 5.92 Å². The monoisotopic (exact) mass is 272 g/mol. The van der Waals surface area contributed by atoms with Crippen molar-refractivity contribution in [2.75, 3.05) is 0 Å². The smallest absolute Gasteiger partial charge is 0.305 e. The van der Waals surface area contributed by atoms with Crippen LogP contribution in [-0.4, -0.2) is 31.3 Å². The second-order valence-corrected chi connectivity index (χ2v) is 5.32. The minimum Gasteiger partial charge on any atom is -0.481 e. The molecule has 1 fully saturated rings. The lowest BCUT2D eigenvalue weighted by Gasteiger charge is -2.15. The molecule has 3 rings (SSSR count). The Labute approximate surface area is 116 Å². The number of carboxylic acids is 1. The molecule has 1 N–H and O–H groups in total. The van der Waals surface area contributed by atoms with E-state index in [-0.39, 0.29) is 12.5 Å². The molecule has 0 radical (unpaired) electrons. The zero-order chi connectivity index (χ0) is 14.1. The highest BCUT2D eigenvalue weighted by molar-refractivity contribution is 5.67. The standard InChI is InChI=1S/C14H16N4O2/c1-9-2-4-11(5-3-9)14-15-16-17-18(14)12(8-13(19)20)10-6-7-10/h2-5,10,12H,6-8H2,1H3,(H,19,20). The highest BCUT2D eigenvalue weighted by atomic mass is 16.4. The maximum absolute atomic E-state index is 11.0. The molecule has 2 aromatic rings. The molecule has 1 aliphatic rings. The number of tetrazole rings is 1. The molecule has 0 amide bonds. The van der Waals surface area contributed by atoms with Crippen molar-refractivity contribution >= 4 is 5.97 Å². The lowest BCUT2D eigenvalue weighted by atomic mass is 10.1. The fraction of sp³-hybridized carbons (Fsp3) is 0.429. The second-order valence-electron chi connectivity index (χ2n) is 5.32. The summed E-state index contributed by atoms with van der Waals surface area (Å²) in [6.45, 7) is 2.02. The van der Waals surface area contributed by atoms with Crippen LogP contribution in [0.1, 0.15) is 30.9 Å². The van der Waals surface area contributed by atoms with E-state index in [0.717, 1.165) is 24.0 Å². The summed E-state index contributed by atoms with van der Waals surface area (Å²) in [6, 6.07) is 7.76. The molecule has 1 aromatic heterocycles. The van der Waals surface area contributed by atoms with Crippen molar-refractivity contribution < 1.29 is 9.90 Å². The molecule has 6 heteroatoms. The van der Waals surface area contributed by atoms with Crippen LogP contribution in [0.15, 0.2) is 24.3 Å². The summed E-state index contributed by atoms with van der Waals surface area (Å²) in [5.74, 6) is 0.203. The normalized spacial score (nSPS) is 16.1. The topological polar surface area (TPSA) is 80.9 Å². The number of aromatic nitrogens is 4. The summed E-state index contributed by atoms with van der Waals surface area (Å²) in [6.07, 6.45) is 2.16. The minimum atomic E-state index is -0.813. The Bertz CT molecular complexity index is 616. The first-order valence-corrected chi connectivity index (χ1v) is 6.72. The first kappa shape index (κ1) is 12.8. The van der Waals surface area contributed by atoms with Gasteiger partial charge >= 0.3 is 5.97 Å². The number of hydrogen-bond acceptors (Lipinski definition) is 4. The first-order valence-electron chi connectivity index (χ1n) is 6.72. The van der Waals surface area contributed by atoms with Crippen LogP contribution in [0.2, 0.25) is 0 Å². The third-order valence-electron chi connectivity index (χ3n) is 3.67. The van der Waals surface area contributed by atoms with Gasteiger partial charge in [0.2, 0.25) is 0 Å². The van der Waals surface area contributed by atoms with E-state index in [4.69, 9.17) is 5.11 Å². The number of benzene rings is 1. The highest BCUT2D eigenvalue weighted by Crippen LogP contribution is 2.42. The molecule has 1 aromatic carbocycles. The van der Waals surface area contributed by atoms with Gasteiger partial charge < -0.3 is 5.11 Å². The van der Waals surface area contributed by atoms with Crippen molar-refractivity contribution in [2.45, 2.75) is 32.2 Å². The van der Waals surface area contributed by atoms with Gasteiger partial charge in [0.25, 0.3) is 0 Å². The second kappa shape index (κ2) is 5.03. The summed E-state index contributed by atoms with van der Waals surface area (Å²) in [5, 5.41) is 20.9. The summed E-state index contributed by atoms with van der Waals surface area (Å²) in [7, 11) is 0. The number of nitrogens with zero attached hydrogens (tertiary/aromatic N) is 4. The Hall–Kier alpha value is -2.24. The number of carboxylic acid groups (broad SMARTS) is 1. The van der Waals surface area contributed by atoms with Gasteiger partial charge in [0.05, 0.1) is 12.5 Å². The van der Waals surface area contributed by atoms with Crippen LogP contribution in [0.3, 0.4) is 0 Å². The SMILES string of the molecule is Cc1ccc(-c2nnnn2C(CC(=O)O)C2CC2)cc1. The molecule has 1 atom stereocenters. The van der Waals surface area contributed by atoms with Crippen LogP contribution >= 0.6 is 0 Å². The minimum absolute atomic E-state index is 0.0641. The number of hydrogen-bond donors (Lipinski definition) is 1. The number of rotatable bonds is 5. The van der Waals surface area contributed by atoms with E-state index in [1.54, 1.807) is 4.68 Å². The zero-order valence-corrected chi connectivity index (χ0v) is 11.2. The van der Waals surface area contributed by atoms with E-state index in [2.05, 4.69) is 15.5 Å². The van der Waals surface area contributed by atoms with Crippen LogP contribution < -0.4 is 0 Å². The largest absolute Gasteiger partial charge is 0.481 e. The van der Waals surface area contributed by atoms with E-state index >= 15 is 0 Å². The van der Waals surface area contributed by atoms with Crippen LogP contribution in [0, 0.1) is 12.8 Å². The maximum atomic E-state index is 11.0. The highest BCUT2D eigenvalue weighted by Gasteiger charge is 2.36. The first-order chi connectivity index (χ1) is 9.65. The number of carbonyl (C=O) groups is 1. The van der Waals surface area contributed by atoms with Crippen molar-refractivity contribution in [1.82, 2.24) is 20.2 Å². The van der Waals surface area contributed by atoms with Gasteiger partial charge in [-0.15, -0.1) is 5.10 Å². The fourth-order valence-electron chi connectivity index (χ4n) is 2.42. The molecule has 104 valence electrons. The molecule has 0 saturated heterocycles. The average molecular weight is 272 g/mol. The van der Waals surface area contributed by atoms with E-state index in [0.29, 0.717) is 11.7 Å². The number of aryl methyl sites for hydroxylation is 1. The summed E-state index contributed by atoms with van der Waals surface area (Å²) in [4.78, 5) is 11.0. The van der Waals surface area contributed by atoms with E-state index < -0.39 is 5.97 Å². The van der Waals surface area contributed by atoms with Crippen molar-refractivity contribution in [3.05, 3.63) is 29.8 Å². The van der Waals surface area contributed by atoms with Gasteiger partial charge in [-0.3, -0.25) is 4.79 Å². The van der Waals surface area contributed by atoms with Gasteiger partial charge in [0.15, 0.2) is 5.82 Å². The molecule has 20 heavy (non-hydrogen) atoms. The van der Waals surface area contributed by atoms with Crippen LogP contribution in [-0.2, 0) is 4.79 Å². The fourth-order valence-corrected chi connectivity index (χ4v) is 2.42. The summed E-state index contributed by atoms with van der Waals surface area (Å²) in [5.41, 5.74) is 2.08. The molecule has 0 aliphatic heterocycles. The van der Waals surface area contributed by atoms with Gasteiger partial charge in [-0.2, -0.15) is 0 Å². The Balaban J connectivity index is 1.95. The average Bonchev–Trinajstić information content (AvgIpc) is 3.14. The molecule has 0 spiro atoms. The Morgan fingerprint density at radius 2 is 2.10 bits per heavy atom. The summed E-state index contributed by atoms with van der Waals surface area (Å²) >= 11 is 0. The zero-order valence-electron chi connectivity index (χ0n) is 11.2. The lowest BCUT2D eigenvalue weighted by Crippen LogP contribution is -2.18. The molecule has 1 unspecified atom stereocenters. The molecule has 1 aliphatic carbocycles. The van der Waals surface area contributed by atoms with E-state index in [1.165, 1.54) is 0 Å². The third-order valence-corrected chi connectivity index (χ3v) is 3.67. The van der Waals surface area contributed by atoms with Crippen LogP contribution in [0.5, 0.6) is 0 Å². The van der Waals surface area contributed by atoms with Gasteiger partial charge in [0, 0.05) is 5.56 Å². The Morgan fingerprint density at radius 3 is 2.70 bits per heavy atom. The van der Waals surface area contributed by atoms with E-state index in [9.17, 15) is 4.79 Å². The summed E-state index contributed by atoms with van der Waals surface area (Å²) < 4.78 is 1.68. The molecule has 6 nitrogen and oxygen atoms in total. The molecule has 1 heterocycles. The third kappa shape index (κ3) is 2.54.